The molecule has 8 heteroatoms. The van der Waals surface area contributed by atoms with Gasteiger partial charge >= 0.3 is 6.03 Å². The molecule has 0 spiro atoms. The first-order chi connectivity index (χ1) is 15.0. The summed E-state index contributed by atoms with van der Waals surface area (Å²) in [6.45, 7) is 3.19. The standard InChI is InChI=1S/C23H28FN3O4/c1-16-10-11-17(22(28)25-12-13-30-2)15-27(16)23(29)26-20-8-3-4-9-21(20)31-19-7-5-6-18(24)14-19/h3-9,14,16-17H,10-13,15H2,1-2H3,(H,25,28)(H,26,29)/t16-,17-/m0/s1. The van der Waals surface area contributed by atoms with E-state index >= 15 is 0 Å². The molecule has 166 valence electrons. The smallest absolute Gasteiger partial charge is 0.322 e. The Balaban J connectivity index is 1.67. The number of methoxy groups -OCH3 is 1. The number of carbonyl (C=O) groups excluding carboxylic acids is 2. The summed E-state index contributed by atoms with van der Waals surface area (Å²) < 4.78 is 24.2. The molecule has 1 aliphatic heterocycles. The molecule has 1 aliphatic rings. The van der Waals surface area contributed by atoms with Gasteiger partial charge in [-0.15, -0.1) is 0 Å². The number of amides is 3. The highest BCUT2D eigenvalue weighted by Gasteiger charge is 2.32. The van der Waals surface area contributed by atoms with Crippen LogP contribution in [0.2, 0.25) is 0 Å². The van der Waals surface area contributed by atoms with Gasteiger partial charge in [-0.3, -0.25) is 4.79 Å². The van der Waals surface area contributed by atoms with Crippen LogP contribution in [0.3, 0.4) is 0 Å². The van der Waals surface area contributed by atoms with Crippen molar-refractivity contribution in [3.05, 3.63) is 54.3 Å². The van der Waals surface area contributed by atoms with Crippen molar-refractivity contribution in [3.63, 3.8) is 0 Å². The molecule has 0 radical (unpaired) electrons. The largest absolute Gasteiger partial charge is 0.455 e. The molecule has 0 bridgehead atoms. The van der Waals surface area contributed by atoms with E-state index in [1.165, 1.54) is 12.1 Å². The molecule has 2 aromatic rings. The second-order valence-electron chi connectivity index (χ2n) is 7.55. The van der Waals surface area contributed by atoms with Crippen molar-refractivity contribution < 1.29 is 23.5 Å². The number of para-hydroxylation sites is 2. The second-order valence-corrected chi connectivity index (χ2v) is 7.55. The molecule has 2 atom stereocenters. The summed E-state index contributed by atoms with van der Waals surface area (Å²) in [5.41, 5.74) is 0.468. The van der Waals surface area contributed by atoms with Gasteiger partial charge in [0.25, 0.3) is 0 Å². The number of rotatable bonds is 7. The van der Waals surface area contributed by atoms with Crippen LogP contribution < -0.4 is 15.4 Å². The van der Waals surface area contributed by atoms with Gasteiger partial charge < -0.3 is 25.0 Å². The fourth-order valence-corrected chi connectivity index (χ4v) is 3.53. The van der Waals surface area contributed by atoms with E-state index in [1.807, 2.05) is 6.92 Å². The molecule has 0 unspecified atom stereocenters. The first kappa shape index (κ1) is 22.6. The van der Waals surface area contributed by atoms with E-state index in [0.717, 1.165) is 12.8 Å². The highest BCUT2D eigenvalue weighted by molar-refractivity contribution is 5.92. The number of hydrogen-bond acceptors (Lipinski definition) is 4. The first-order valence-corrected chi connectivity index (χ1v) is 10.3. The van der Waals surface area contributed by atoms with Gasteiger partial charge in [-0.1, -0.05) is 18.2 Å². The lowest BCUT2D eigenvalue weighted by Crippen LogP contribution is -2.51. The Labute approximate surface area is 181 Å². The molecule has 2 aromatic carbocycles. The zero-order valence-electron chi connectivity index (χ0n) is 17.8. The second kappa shape index (κ2) is 10.8. The highest BCUT2D eigenvalue weighted by atomic mass is 19.1. The average Bonchev–Trinajstić information content (AvgIpc) is 2.75. The van der Waals surface area contributed by atoms with Crippen molar-refractivity contribution in [2.24, 2.45) is 5.92 Å². The van der Waals surface area contributed by atoms with Crippen molar-refractivity contribution in [3.8, 4) is 11.5 Å². The highest BCUT2D eigenvalue weighted by Crippen LogP contribution is 2.30. The van der Waals surface area contributed by atoms with Crippen LogP contribution in [0.1, 0.15) is 19.8 Å². The van der Waals surface area contributed by atoms with Crippen molar-refractivity contribution in [2.45, 2.75) is 25.8 Å². The number of hydrogen-bond donors (Lipinski definition) is 2. The van der Waals surface area contributed by atoms with Crippen molar-refractivity contribution in [1.29, 1.82) is 0 Å². The number of benzene rings is 2. The van der Waals surface area contributed by atoms with Crippen LogP contribution in [0.5, 0.6) is 11.5 Å². The van der Waals surface area contributed by atoms with Crippen molar-refractivity contribution in [1.82, 2.24) is 10.2 Å². The Hall–Kier alpha value is -3.13. The Morgan fingerprint density at radius 1 is 1.16 bits per heavy atom. The zero-order valence-corrected chi connectivity index (χ0v) is 17.8. The van der Waals surface area contributed by atoms with E-state index in [0.29, 0.717) is 36.9 Å². The summed E-state index contributed by atoms with van der Waals surface area (Å²) in [6.07, 6.45) is 1.46. The molecule has 0 aromatic heterocycles. The van der Waals surface area contributed by atoms with Gasteiger partial charge in [0, 0.05) is 32.3 Å². The van der Waals surface area contributed by atoms with E-state index in [4.69, 9.17) is 9.47 Å². The summed E-state index contributed by atoms with van der Waals surface area (Å²) >= 11 is 0. The van der Waals surface area contributed by atoms with Crippen LogP contribution in [-0.4, -0.2) is 49.7 Å². The molecule has 1 saturated heterocycles. The molecule has 3 rings (SSSR count). The van der Waals surface area contributed by atoms with Gasteiger partial charge in [0.2, 0.25) is 5.91 Å². The van der Waals surface area contributed by atoms with E-state index in [9.17, 15) is 14.0 Å². The number of urea groups is 1. The minimum atomic E-state index is -0.407. The Kier molecular flexibility index (Phi) is 7.83. The maximum atomic E-state index is 13.5. The molecule has 3 amide bonds. The quantitative estimate of drug-likeness (QED) is 0.652. The number of piperidine rings is 1. The molecule has 1 fully saturated rings. The Morgan fingerprint density at radius 2 is 1.97 bits per heavy atom. The third-order valence-electron chi connectivity index (χ3n) is 5.27. The number of anilines is 1. The molecule has 1 heterocycles. The lowest BCUT2D eigenvalue weighted by molar-refractivity contribution is -0.126. The third kappa shape index (κ3) is 6.18. The maximum Gasteiger partial charge on any atom is 0.322 e. The Bertz CT molecular complexity index is 908. The minimum absolute atomic E-state index is 0.000625. The normalized spacial score (nSPS) is 18.4. The fourth-order valence-electron chi connectivity index (χ4n) is 3.53. The van der Waals surface area contributed by atoms with Gasteiger partial charge in [-0.2, -0.15) is 0 Å². The maximum absolute atomic E-state index is 13.5. The Morgan fingerprint density at radius 3 is 2.74 bits per heavy atom. The van der Waals surface area contributed by atoms with Crippen LogP contribution >= 0.6 is 0 Å². The van der Waals surface area contributed by atoms with Crippen LogP contribution in [0, 0.1) is 11.7 Å². The van der Waals surface area contributed by atoms with E-state index < -0.39 is 5.82 Å². The predicted octanol–water partition coefficient (Wildman–Crippen LogP) is 4.01. The number of halogens is 1. The van der Waals surface area contributed by atoms with Crippen molar-refractivity contribution >= 4 is 17.6 Å². The van der Waals surface area contributed by atoms with Gasteiger partial charge in [-0.25, -0.2) is 9.18 Å². The topological polar surface area (TPSA) is 79.9 Å². The summed E-state index contributed by atoms with van der Waals surface area (Å²) in [4.78, 5) is 27.1. The predicted molar refractivity (Wildman–Crippen MR) is 116 cm³/mol. The molecule has 0 aliphatic carbocycles. The zero-order chi connectivity index (χ0) is 22.2. The van der Waals surface area contributed by atoms with Gasteiger partial charge in [0.15, 0.2) is 5.75 Å². The number of nitrogens with one attached hydrogen (secondary N) is 2. The van der Waals surface area contributed by atoms with Gasteiger partial charge in [-0.05, 0) is 44.0 Å². The molecule has 7 nitrogen and oxygen atoms in total. The number of likely N-dealkylation sites (tertiary alicyclic amines) is 1. The number of ether oxygens (including phenoxy) is 2. The van der Waals surface area contributed by atoms with E-state index in [1.54, 1.807) is 48.4 Å². The first-order valence-electron chi connectivity index (χ1n) is 10.3. The summed E-state index contributed by atoms with van der Waals surface area (Å²) in [7, 11) is 1.58. The summed E-state index contributed by atoms with van der Waals surface area (Å²) in [5, 5.41) is 5.72. The SMILES string of the molecule is COCCNC(=O)[C@H]1CC[C@H](C)N(C(=O)Nc2ccccc2Oc2cccc(F)c2)C1. The molecular formula is C23H28FN3O4. The lowest BCUT2D eigenvalue weighted by atomic mass is 9.93. The molecule has 2 N–H and O–H groups in total. The van der Waals surface area contributed by atoms with E-state index in [2.05, 4.69) is 10.6 Å². The van der Waals surface area contributed by atoms with E-state index in [-0.39, 0.29) is 23.9 Å². The fraction of sp³-hybridized carbons (Fsp3) is 0.391. The van der Waals surface area contributed by atoms with Crippen LogP contribution in [0.15, 0.2) is 48.5 Å². The van der Waals surface area contributed by atoms with Crippen LogP contribution in [0.4, 0.5) is 14.9 Å². The van der Waals surface area contributed by atoms with Gasteiger partial charge in [0.05, 0.1) is 18.2 Å². The van der Waals surface area contributed by atoms with Crippen molar-refractivity contribution in [2.75, 3.05) is 32.1 Å². The number of carbonyl (C=O) groups is 2. The summed E-state index contributed by atoms with van der Waals surface area (Å²) in [6, 6.07) is 12.5. The third-order valence-corrected chi connectivity index (χ3v) is 5.27. The van der Waals surface area contributed by atoms with Gasteiger partial charge in [0.1, 0.15) is 11.6 Å². The molecule has 0 saturated carbocycles. The van der Waals surface area contributed by atoms with Crippen LogP contribution in [0.25, 0.3) is 0 Å². The number of nitrogens with zero attached hydrogens (tertiary/aromatic N) is 1. The monoisotopic (exact) mass is 429 g/mol. The molecule has 31 heavy (non-hydrogen) atoms. The molecular weight excluding hydrogens is 401 g/mol. The average molecular weight is 429 g/mol. The lowest BCUT2D eigenvalue weighted by Gasteiger charge is -2.37. The summed E-state index contributed by atoms with van der Waals surface area (Å²) in [5.74, 6) is -0.00837. The minimum Gasteiger partial charge on any atom is -0.455 e. The van der Waals surface area contributed by atoms with Crippen LogP contribution in [-0.2, 0) is 9.53 Å².